The Balaban J connectivity index is 1.98. The van der Waals surface area contributed by atoms with Crippen LogP contribution in [-0.2, 0) is 0 Å². The minimum atomic E-state index is 0.473. The Morgan fingerprint density at radius 1 is 0.652 bits per heavy atom. The first-order valence-corrected chi connectivity index (χ1v) is 7.63. The van der Waals surface area contributed by atoms with Crippen molar-refractivity contribution in [3.63, 3.8) is 0 Å². The summed E-state index contributed by atoms with van der Waals surface area (Å²) in [6, 6.07) is 19.6. The van der Waals surface area contributed by atoms with Crippen LogP contribution in [0.15, 0.2) is 73.1 Å². The zero-order valence-corrected chi connectivity index (χ0v) is 12.9. The van der Waals surface area contributed by atoms with E-state index in [1.165, 1.54) is 0 Å². The topological polar surface area (TPSA) is 38.7 Å². The molecule has 4 rings (SSSR count). The van der Waals surface area contributed by atoms with E-state index in [0.29, 0.717) is 5.15 Å². The highest BCUT2D eigenvalue weighted by Crippen LogP contribution is 2.38. The van der Waals surface area contributed by atoms with Gasteiger partial charge in [-0.15, -0.1) is 0 Å². The molecule has 0 saturated carbocycles. The number of aromatic nitrogens is 3. The van der Waals surface area contributed by atoms with E-state index in [9.17, 15) is 0 Å². The smallest absolute Gasteiger partial charge is 0.130 e. The fourth-order valence-electron chi connectivity index (χ4n) is 2.68. The van der Waals surface area contributed by atoms with E-state index in [1.807, 2.05) is 60.7 Å². The molecule has 0 bridgehead atoms. The molecule has 0 radical (unpaired) electrons. The number of rotatable bonds is 2. The molecule has 2 aromatic rings. The van der Waals surface area contributed by atoms with Crippen molar-refractivity contribution in [1.82, 2.24) is 15.0 Å². The lowest BCUT2D eigenvalue weighted by molar-refractivity contribution is 1.31. The highest BCUT2D eigenvalue weighted by atomic mass is 35.5. The average molecular weight is 318 g/mol. The first kappa shape index (κ1) is 13.9. The fraction of sp³-hybridized carbons (Fsp3) is 0. The van der Waals surface area contributed by atoms with Gasteiger partial charge in [0.05, 0.1) is 17.1 Å². The molecule has 0 N–H and O–H groups in total. The molecule has 0 saturated heterocycles. The predicted molar refractivity (Wildman–Crippen MR) is 92.3 cm³/mol. The maximum Gasteiger partial charge on any atom is 0.130 e. The molecule has 0 spiro atoms. The Kier molecular flexibility index (Phi) is 3.48. The summed E-state index contributed by atoms with van der Waals surface area (Å²) in [5.41, 5.74) is 5.52. The molecule has 0 aromatic carbocycles. The first-order valence-electron chi connectivity index (χ1n) is 7.25. The van der Waals surface area contributed by atoms with Crippen molar-refractivity contribution >= 4 is 11.6 Å². The summed E-state index contributed by atoms with van der Waals surface area (Å²) in [4.78, 5) is 13.4. The summed E-state index contributed by atoms with van der Waals surface area (Å²) in [7, 11) is 0. The van der Waals surface area contributed by atoms with E-state index < -0.39 is 0 Å². The van der Waals surface area contributed by atoms with E-state index in [1.54, 1.807) is 12.4 Å². The molecule has 0 unspecified atom stereocenters. The highest BCUT2D eigenvalue weighted by molar-refractivity contribution is 6.30. The summed E-state index contributed by atoms with van der Waals surface area (Å²) in [5.74, 6) is 0. The average Bonchev–Trinajstić information content (AvgIpc) is 2.89. The Hall–Kier alpha value is -2.78. The van der Waals surface area contributed by atoms with Gasteiger partial charge in [0.1, 0.15) is 5.15 Å². The Bertz CT molecular complexity index is 849. The lowest BCUT2D eigenvalue weighted by atomic mass is 10.0. The second-order valence-corrected chi connectivity index (χ2v) is 5.51. The number of halogens is 1. The lowest BCUT2D eigenvalue weighted by Gasteiger charge is -2.05. The number of hydrogen-bond acceptors (Lipinski definition) is 3. The van der Waals surface area contributed by atoms with Gasteiger partial charge in [-0.25, -0.2) is 4.98 Å². The van der Waals surface area contributed by atoms with Crippen molar-refractivity contribution in [1.29, 1.82) is 0 Å². The van der Waals surface area contributed by atoms with Crippen LogP contribution in [0.3, 0.4) is 0 Å². The van der Waals surface area contributed by atoms with Crippen LogP contribution >= 0.6 is 11.6 Å². The van der Waals surface area contributed by atoms with Crippen molar-refractivity contribution in [2.75, 3.05) is 0 Å². The van der Waals surface area contributed by atoms with E-state index >= 15 is 0 Å². The largest absolute Gasteiger partial charge is 0.256 e. The molecule has 0 fully saturated rings. The number of nitrogens with zero attached hydrogens (tertiary/aromatic N) is 3. The standard InChI is InChI=1S/C19H12ClN3/c20-18-12-15-13(16-8-1-3-10-21-16)6-5-7-14(19(15)23-18)17-9-2-4-11-22-17/h1-12H. The maximum absolute atomic E-state index is 6.19. The Morgan fingerprint density at radius 3 is 1.96 bits per heavy atom. The van der Waals surface area contributed by atoms with Crippen molar-refractivity contribution in [3.8, 4) is 33.8 Å². The molecule has 3 nitrogen and oxygen atoms in total. The van der Waals surface area contributed by atoms with Gasteiger partial charge in [0, 0.05) is 29.1 Å². The Morgan fingerprint density at radius 2 is 1.30 bits per heavy atom. The van der Waals surface area contributed by atoms with Crippen LogP contribution in [0.1, 0.15) is 0 Å². The zero-order valence-electron chi connectivity index (χ0n) is 12.1. The summed E-state index contributed by atoms with van der Waals surface area (Å²) in [5, 5.41) is 0.473. The molecule has 0 atom stereocenters. The van der Waals surface area contributed by atoms with Gasteiger partial charge < -0.3 is 0 Å². The van der Waals surface area contributed by atoms with E-state index in [-0.39, 0.29) is 0 Å². The van der Waals surface area contributed by atoms with Gasteiger partial charge in [-0.3, -0.25) is 9.97 Å². The summed E-state index contributed by atoms with van der Waals surface area (Å²) in [6.07, 6.45) is 3.56. The molecular formula is C19H12ClN3. The minimum absolute atomic E-state index is 0.473. The van der Waals surface area contributed by atoms with Gasteiger partial charge in [0.2, 0.25) is 0 Å². The van der Waals surface area contributed by atoms with Crippen molar-refractivity contribution in [3.05, 3.63) is 78.2 Å². The predicted octanol–water partition coefficient (Wildman–Crippen LogP) is 4.96. The summed E-state index contributed by atoms with van der Waals surface area (Å²) < 4.78 is 0. The highest BCUT2D eigenvalue weighted by Gasteiger charge is 2.18. The number of fused-ring (bicyclic) bond motifs is 1. The molecule has 0 amide bonds. The minimum Gasteiger partial charge on any atom is -0.256 e. The van der Waals surface area contributed by atoms with Crippen molar-refractivity contribution < 1.29 is 0 Å². The summed E-state index contributed by atoms with van der Waals surface area (Å²) in [6.45, 7) is 0. The van der Waals surface area contributed by atoms with Gasteiger partial charge in [0.15, 0.2) is 0 Å². The number of pyridine rings is 2. The molecular weight excluding hydrogens is 306 g/mol. The van der Waals surface area contributed by atoms with Crippen molar-refractivity contribution in [2.24, 2.45) is 0 Å². The van der Waals surface area contributed by atoms with Gasteiger partial charge in [-0.2, -0.15) is 0 Å². The molecule has 1 aliphatic carbocycles. The normalized spacial score (nSPS) is 10.8. The third kappa shape index (κ3) is 2.56. The third-order valence-corrected chi connectivity index (χ3v) is 3.88. The molecule has 2 aromatic heterocycles. The molecule has 110 valence electrons. The fourth-order valence-corrected chi connectivity index (χ4v) is 2.87. The molecule has 4 heteroatoms. The van der Waals surface area contributed by atoms with E-state index in [4.69, 9.17) is 11.6 Å². The second-order valence-electron chi connectivity index (χ2n) is 5.12. The molecule has 23 heavy (non-hydrogen) atoms. The van der Waals surface area contributed by atoms with Crippen LogP contribution in [-0.4, -0.2) is 15.0 Å². The lowest BCUT2D eigenvalue weighted by Crippen LogP contribution is -1.87. The van der Waals surface area contributed by atoms with Crippen molar-refractivity contribution in [2.45, 2.75) is 0 Å². The third-order valence-electron chi connectivity index (χ3n) is 3.69. The molecule has 1 aliphatic heterocycles. The van der Waals surface area contributed by atoms with Crippen LogP contribution in [0.4, 0.5) is 0 Å². The maximum atomic E-state index is 6.19. The van der Waals surface area contributed by atoms with Crippen LogP contribution in [0.2, 0.25) is 5.15 Å². The quantitative estimate of drug-likeness (QED) is 0.524. The first-order chi connectivity index (χ1) is 11.3. The Labute approximate surface area is 139 Å². The van der Waals surface area contributed by atoms with Gasteiger partial charge >= 0.3 is 0 Å². The molecule has 2 aliphatic rings. The number of hydrogen-bond donors (Lipinski definition) is 0. The van der Waals surface area contributed by atoms with Crippen LogP contribution in [0, 0.1) is 0 Å². The van der Waals surface area contributed by atoms with Crippen LogP contribution in [0.5, 0.6) is 0 Å². The zero-order chi connectivity index (χ0) is 15.6. The second kappa shape index (κ2) is 5.78. The van der Waals surface area contributed by atoms with Gasteiger partial charge in [-0.05, 0) is 30.3 Å². The van der Waals surface area contributed by atoms with Crippen LogP contribution < -0.4 is 0 Å². The summed E-state index contributed by atoms with van der Waals surface area (Å²) >= 11 is 6.19. The van der Waals surface area contributed by atoms with E-state index in [2.05, 4.69) is 15.0 Å². The van der Waals surface area contributed by atoms with Gasteiger partial charge in [-0.1, -0.05) is 41.9 Å². The van der Waals surface area contributed by atoms with Gasteiger partial charge in [0.25, 0.3) is 0 Å². The van der Waals surface area contributed by atoms with Crippen LogP contribution in [0.25, 0.3) is 33.8 Å². The molecule has 3 heterocycles. The SMILES string of the molecule is Clc1cc2c(-c3ccccn3)cccc(-c3ccccn3)c-2n1. The van der Waals surface area contributed by atoms with E-state index in [0.717, 1.165) is 33.8 Å². The monoisotopic (exact) mass is 317 g/mol.